The summed E-state index contributed by atoms with van der Waals surface area (Å²) in [4.78, 5) is 0. The van der Waals surface area contributed by atoms with E-state index in [1.54, 1.807) is 0 Å². The van der Waals surface area contributed by atoms with Gasteiger partial charge < -0.3 is 9.09 Å². The van der Waals surface area contributed by atoms with Gasteiger partial charge in [-0.3, -0.25) is 0 Å². The van der Waals surface area contributed by atoms with E-state index in [9.17, 15) is 4.57 Å². The minimum Gasteiger partial charge on any atom is -0.345 e. The minimum atomic E-state index is -3.00. The van der Waals surface area contributed by atoms with Gasteiger partial charge in [0.25, 0.3) is 0 Å². The lowest BCUT2D eigenvalue weighted by Gasteiger charge is -2.15. The van der Waals surface area contributed by atoms with Gasteiger partial charge in [-0.15, -0.1) is 5.10 Å². The lowest BCUT2D eigenvalue weighted by atomic mass is 10.4. The summed E-state index contributed by atoms with van der Waals surface area (Å²) in [7, 11) is -3.00. The van der Waals surface area contributed by atoms with Gasteiger partial charge in [0.1, 0.15) is 0 Å². The highest BCUT2D eigenvalue weighted by atomic mass is 31.2. The third kappa shape index (κ3) is 2.00. The molecule has 0 spiro atoms. The Balaban J connectivity index is 2.26. The fourth-order valence-corrected chi connectivity index (χ4v) is 4.36. The summed E-state index contributed by atoms with van der Waals surface area (Å²) in [5.41, 5.74) is 0.366. The molecule has 0 aliphatic carbocycles. The number of rotatable bonds is 3. The lowest BCUT2D eigenvalue weighted by Crippen LogP contribution is -2.25. The van der Waals surface area contributed by atoms with Crippen molar-refractivity contribution in [2.45, 2.75) is 0 Å². The van der Waals surface area contributed by atoms with Crippen LogP contribution in [0.15, 0.2) is 71.4 Å². The zero-order chi connectivity index (χ0) is 13.1. The molecule has 0 aliphatic rings. The van der Waals surface area contributed by atoms with Crippen LogP contribution in [0.25, 0.3) is 0 Å². The molecule has 94 valence electrons. The van der Waals surface area contributed by atoms with Crippen LogP contribution in [0.2, 0.25) is 0 Å². The second-order valence-electron chi connectivity index (χ2n) is 4.04. The van der Waals surface area contributed by atoms with Crippen molar-refractivity contribution in [2.24, 2.45) is 0 Å². The molecule has 0 N–H and O–H groups in total. The quantitative estimate of drug-likeness (QED) is 0.680. The van der Waals surface area contributed by atoms with Crippen LogP contribution in [0.3, 0.4) is 0 Å². The molecule has 5 heteroatoms. The molecule has 0 fully saturated rings. The SMILES string of the molecule is O=P(c1ccccc1)(c1ccccc1)c1conn1. The van der Waals surface area contributed by atoms with Crippen molar-refractivity contribution >= 4 is 23.2 Å². The molecule has 1 heterocycles. The maximum absolute atomic E-state index is 13.5. The topological polar surface area (TPSA) is 56.0 Å². The largest absolute Gasteiger partial charge is 0.345 e. The Morgan fingerprint density at radius 3 is 1.79 bits per heavy atom. The fraction of sp³-hybridized carbons (Fsp3) is 0. The highest BCUT2D eigenvalue weighted by Gasteiger charge is 2.32. The third-order valence-corrected chi connectivity index (χ3v) is 5.80. The van der Waals surface area contributed by atoms with E-state index >= 15 is 0 Å². The van der Waals surface area contributed by atoms with Crippen molar-refractivity contribution in [1.82, 2.24) is 10.4 Å². The van der Waals surface area contributed by atoms with E-state index in [-0.39, 0.29) is 0 Å². The van der Waals surface area contributed by atoms with Gasteiger partial charge >= 0.3 is 0 Å². The molecular weight excluding hydrogens is 259 g/mol. The monoisotopic (exact) mass is 270 g/mol. The molecule has 0 radical (unpaired) electrons. The van der Waals surface area contributed by atoms with Gasteiger partial charge in [0, 0.05) is 15.9 Å². The van der Waals surface area contributed by atoms with E-state index in [2.05, 4.69) is 10.4 Å². The fourth-order valence-electron chi connectivity index (χ4n) is 1.99. The molecule has 0 saturated heterocycles. The molecular formula is C14H11N2O2P. The van der Waals surface area contributed by atoms with Crippen LogP contribution in [0.1, 0.15) is 0 Å². The predicted molar refractivity (Wildman–Crippen MR) is 73.7 cm³/mol. The molecule has 0 unspecified atom stereocenters. The minimum absolute atomic E-state index is 0.366. The summed E-state index contributed by atoms with van der Waals surface area (Å²) >= 11 is 0. The number of aromatic nitrogens is 2. The van der Waals surface area contributed by atoms with Gasteiger partial charge in [-0.05, 0) is 0 Å². The van der Waals surface area contributed by atoms with Crippen LogP contribution in [0.5, 0.6) is 0 Å². The Bertz CT molecular complexity index is 653. The highest BCUT2D eigenvalue weighted by molar-refractivity contribution is 7.85. The molecule has 2 aromatic carbocycles. The zero-order valence-corrected chi connectivity index (χ0v) is 10.9. The van der Waals surface area contributed by atoms with Crippen LogP contribution in [-0.2, 0) is 4.57 Å². The standard InChI is InChI=1S/C14H11N2O2P/c17-19(14-11-18-16-15-14,12-7-3-1-4-8-12)13-9-5-2-6-10-13/h1-11H. The van der Waals surface area contributed by atoms with E-state index in [0.717, 1.165) is 10.6 Å². The van der Waals surface area contributed by atoms with Crippen molar-refractivity contribution in [3.05, 3.63) is 66.9 Å². The maximum Gasteiger partial charge on any atom is 0.193 e. The van der Waals surface area contributed by atoms with Crippen LogP contribution in [0, 0.1) is 0 Å². The molecule has 0 aliphatic heterocycles. The molecule has 0 atom stereocenters. The van der Waals surface area contributed by atoms with Gasteiger partial charge in [-0.25, -0.2) is 0 Å². The van der Waals surface area contributed by atoms with Crippen molar-refractivity contribution in [2.75, 3.05) is 0 Å². The normalized spacial score (nSPS) is 11.4. The summed E-state index contributed by atoms with van der Waals surface area (Å²) in [5, 5.41) is 8.74. The Labute approximate surface area is 110 Å². The first-order chi connectivity index (χ1) is 9.32. The number of benzene rings is 2. The van der Waals surface area contributed by atoms with Crippen molar-refractivity contribution in [1.29, 1.82) is 0 Å². The second-order valence-corrected chi connectivity index (χ2v) is 6.75. The molecule has 0 bridgehead atoms. The molecule has 1 aromatic heterocycles. The Hall–Kier alpha value is -2.19. The molecule has 3 aromatic rings. The summed E-state index contributed by atoms with van der Waals surface area (Å²) in [5.74, 6) is 0. The number of hydrogen-bond donors (Lipinski definition) is 0. The van der Waals surface area contributed by atoms with E-state index < -0.39 is 7.14 Å². The summed E-state index contributed by atoms with van der Waals surface area (Å²) < 4.78 is 18.3. The van der Waals surface area contributed by atoms with Crippen molar-refractivity contribution in [3.8, 4) is 0 Å². The van der Waals surface area contributed by atoms with Crippen LogP contribution in [0.4, 0.5) is 0 Å². The third-order valence-electron chi connectivity index (χ3n) is 2.91. The number of hydrogen-bond acceptors (Lipinski definition) is 4. The summed E-state index contributed by atoms with van der Waals surface area (Å²) in [6.45, 7) is 0. The first kappa shape index (κ1) is 11.9. The average molecular weight is 270 g/mol. The van der Waals surface area contributed by atoms with Crippen molar-refractivity contribution in [3.63, 3.8) is 0 Å². The molecule has 3 rings (SSSR count). The van der Waals surface area contributed by atoms with E-state index in [1.165, 1.54) is 6.26 Å². The summed E-state index contributed by atoms with van der Waals surface area (Å²) in [6, 6.07) is 18.6. The Kier molecular flexibility index (Phi) is 3.02. The van der Waals surface area contributed by atoms with E-state index in [4.69, 9.17) is 4.52 Å². The van der Waals surface area contributed by atoms with Crippen molar-refractivity contribution < 1.29 is 9.09 Å². The first-order valence-electron chi connectivity index (χ1n) is 5.81. The summed E-state index contributed by atoms with van der Waals surface area (Å²) in [6.07, 6.45) is 1.35. The molecule has 0 saturated carbocycles. The van der Waals surface area contributed by atoms with Gasteiger partial charge in [-0.2, -0.15) is 0 Å². The van der Waals surface area contributed by atoms with Crippen LogP contribution < -0.4 is 16.0 Å². The van der Waals surface area contributed by atoms with E-state index in [0.29, 0.717) is 5.44 Å². The first-order valence-corrected chi connectivity index (χ1v) is 7.51. The lowest BCUT2D eigenvalue weighted by molar-refractivity contribution is 0.393. The van der Waals surface area contributed by atoms with Gasteiger partial charge in [0.2, 0.25) is 0 Å². The second kappa shape index (κ2) is 4.82. The predicted octanol–water partition coefficient (Wildman–Crippen LogP) is 1.71. The van der Waals surface area contributed by atoms with Gasteiger partial charge in [0.05, 0.1) is 0 Å². The maximum atomic E-state index is 13.5. The smallest absolute Gasteiger partial charge is 0.193 e. The van der Waals surface area contributed by atoms with Gasteiger partial charge in [0.15, 0.2) is 18.8 Å². The van der Waals surface area contributed by atoms with Gasteiger partial charge in [-0.1, -0.05) is 60.7 Å². The Morgan fingerprint density at radius 1 is 0.842 bits per heavy atom. The van der Waals surface area contributed by atoms with Crippen LogP contribution >= 0.6 is 7.14 Å². The van der Waals surface area contributed by atoms with Crippen LogP contribution in [-0.4, -0.2) is 10.4 Å². The zero-order valence-electron chi connectivity index (χ0n) is 10.0. The van der Waals surface area contributed by atoms with E-state index in [1.807, 2.05) is 60.7 Å². The average Bonchev–Trinajstić information content (AvgIpc) is 3.03. The number of nitrogens with zero attached hydrogens (tertiary/aromatic N) is 2. The molecule has 4 nitrogen and oxygen atoms in total. The molecule has 19 heavy (non-hydrogen) atoms. The molecule has 0 amide bonds. The Morgan fingerprint density at radius 2 is 1.37 bits per heavy atom. The highest BCUT2D eigenvalue weighted by Crippen LogP contribution is 2.41.